The second kappa shape index (κ2) is 8.77. The van der Waals surface area contributed by atoms with Crippen LogP contribution in [0.25, 0.3) is 0 Å². The number of hydrogen-bond acceptors (Lipinski definition) is 5. The summed E-state index contributed by atoms with van der Waals surface area (Å²) in [5, 5.41) is 2.93. The summed E-state index contributed by atoms with van der Waals surface area (Å²) in [5.41, 5.74) is 0.645. The second-order valence-electron chi connectivity index (χ2n) is 6.02. The molecule has 0 bridgehead atoms. The van der Waals surface area contributed by atoms with E-state index in [4.69, 9.17) is 9.47 Å². The summed E-state index contributed by atoms with van der Waals surface area (Å²) in [6.45, 7) is 3.61. The van der Waals surface area contributed by atoms with Crippen LogP contribution in [0.4, 0.5) is 10.1 Å². The van der Waals surface area contributed by atoms with Gasteiger partial charge < -0.3 is 24.6 Å². The smallest absolute Gasteiger partial charge is 0.261 e. The first-order valence-electron chi connectivity index (χ1n) is 8.61. The van der Waals surface area contributed by atoms with Crippen LogP contribution in [0.1, 0.15) is 0 Å². The standard InChI is InChI=1S/C18H22FN3O4/c19-14-1-3-15(4-2-14)20-13-16(17(23)21-5-9-25-10-6-21)18(24)22-7-11-26-12-8-22/h1-4,13,20H,5-12H2. The molecule has 3 rings (SSSR count). The van der Waals surface area contributed by atoms with E-state index in [1.165, 1.54) is 18.3 Å². The minimum atomic E-state index is -0.353. The topological polar surface area (TPSA) is 71.1 Å². The summed E-state index contributed by atoms with van der Waals surface area (Å²) >= 11 is 0. The molecule has 2 amide bonds. The van der Waals surface area contributed by atoms with Crippen LogP contribution in [0.2, 0.25) is 0 Å². The SMILES string of the molecule is O=C(C(=CNc1ccc(F)cc1)C(=O)N1CCOCC1)N1CCOCC1. The molecule has 2 aliphatic rings. The first kappa shape index (κ1) is 18.3. The Morgan fingerprint density at radius 3 is 1.81 bits per heavy atom. The first-order valence-corrected chi connectivity index (χ1v) is 8.61. The highest BCUT2D eigenvalue weighted by Crippen LogP contribution is 2.14. The summed E-state index contributed by atoms with van der Waals surface area (Å²) in [6, 6.07) is 5.70. The predicted octanol–water partition coefficient (Wildman–Crippen LogP) is 0.839. The van der Waals surface area contributed by atoms with Crippen molar-refractivity contribution in [1.29, 1.82) is 0 Å². The number of ether oxygens (including phenoxy) is 2. The fraction of sp³-hybridized carbons (Fsp3) is 0.444. The van der Waals surface area contributed by atoms with Gasteiger partial charge in [0.1, 0.15) is 11.4 Å². The summed E-state index contributed by atoms with van der Waals surface area (Å²) in [5.74, 6) is -1.02. The minimum Gasteiger partial charge on any atom is -0.378 e. The van der Waals surface area contributed by atoms with E-state index in [9.17, 15) is 14.0 Å². The van der Waals surface area contributed by atoms with Crippen LogP contribution in [-0.4, -0.2) is 74.2 Å². The van der Waals surface area contributed by atoms with Crippen molar-refractivity contribution in [3.05, 3.63) is 41.9 Å². The number of anilines is 1. The van der Waals surface area contributed by atoms with E-state index >= 15 is 0 Å². The van der Waals surface area contributed by atoms with Crippen molar-refractivity contribution in [2.45, 2.75) is 0 Å². The van der Waals surface area contributed by atoms with E-state index in [-0.39, 0.29) is 23.2 Å². The molecule has 0 aromatic heterocycles. The third-order valence-electron chi connectivity index (χ3n) is 4.28. The van der Waals surface area contributed by atoms with Crippen molar-refractivity contribution in [3.63, 3.8) is 0 Å². The molecule has 1 aromatic rings. The fourth-order valence-corrected chi connectivity index (χ4v) is 2.79. The fourth-order valence-electron chi connectivity index (χ4n) is 2.79. The Hall–Kier alpha value is -2.45. The maximum Gasteiger partial charge on any atom is 0.261 e. The minimum absolute atomic E-state index is 0.0538. The van der Waals surface area contributed by atoms with Gasteiger partial charge in [0.05, 0.1) is 26.4 Å². The van der Waals surface area contributed by atoms with Gasteiger partial charge in [0, 0.05) is 38.1 Å². The van der Waals surface area contributed by atoms with Crippen molar-refractivity contribution in [1.82, 2.24) is 9.80 Å². The van der Waals surface area contributed by atoms with Gasteiger partial charge in [-0.05, 0) is 24.3 Å². The lowest BCUT2D eigenvalue weighted by Crippen LogP contribution is -2.47. The molecule has 2 saturated heterocycles. The molecule has 2 heterocycles. The first-order chi connectivity index (χ1) is 12.6. The van der Waals surface area contributed by atoms with Crippen molar-refractivity contribution < 1.29 is 23.5 Å². The molecule has 8 heteroatoms. The zero-order valence-electron chi connectivity index (χ0n) is 14.4. The zero-order valence-corrected chi connectivity index (χ0v) is 14.4. The molecular weight excluding hydrogens is 341 g/mol. The number of carbonyl (C=O) groups excluding carboxylic acids is 2. The van der Waals surface area contributed by atoms with Crippen molar-refractivity contribution in [2.24, 2.45) is 0 Å². The van der Waals surface area contributed by atoms with Crippen LogP contribution in [-0.2, 0) is 19.1 Å². The molecule has 1 aromatic carbocycles. The van der Waals surface area contributed by atoms with Gasteiger partial charge in [-0.2, -0.15) is 0 Å². The van der Waals surface area contributed by atoms with Gasteiger partial charge in [0.25, 0.3) is 11.8 Å². The average Bonchev–Trinajstić information content (AvgIpc) is 2.70. The van der Waals surface area contributed by atoms with Gasteiger partial charge in [-0.1, -0.05) is 0 Å². The third-order valence-corrected chi connectivity index (χ3v) is 4.28. The number of halogens is 1. The highest BCUT2D eigenvalue weighted by molar-refractivity contribution is 6.18. The molecule has 2 aliphatic heterocycles. The molecule has 0 atom stereocenters. The second-order valence-corrected chi connectivity index (χ2v) is 6.02. The van der Waals surface area contributed by atoms with Crippen LogP contribution >= 0.6 is 0 Å². The molecule has 0 unspecified atom stereocenters. The number of carbonyl (C=O) groups is 2. The molecule has 140 valence electrons. The number of benzene rings is 1. The van der Waals surface area contributed by atoms with E-state index < -0.39 is 0 Å². The molecule has 26 heavy (non-hydrogen) atoms. The van der Waals surface area contributed by atoms with E-state index in [2.05, 4.69) is 5.32 Å². The number of nitrogens with one attached hydrogen (secondary N) is 1. The van der Waals surface area contributed by atoms with E-state index in [0.29, 0.717) is 58.3 Å². The molecule has 7 nitrogen and oxygen atoms in total. The van der Waals surface area contributed by atoms with E-state index in [0.717, 1.165) is 0 Å². The molecule has 0 saturated carbocycles. The van der Waals surface area contributed by atoms with Crippen LogP contribution in [0.5, 0.6) is 0 Å². The van der Waals surface area contributed by atoms with Crippen molar-refractivity contribution in [3.8, 4) is 0 Å². The lowest BCUT2D eigenvalue weighted by molar-refractivity contribution is -0.138. The Morgan fingerprint density at radius 2 is 1.35 bits per heavy atom. The number of hydrogen-bond donors (Lipinski definition) is 1. The Morgan fingerprint density at radius 1 is 0.885 bits per heavy atom. The van der Waals surface area contributed by atoms with Gasteiger partial charge >= 0.3 is 0 Å². The summed E-state index contributed by atoms with van der Waals surface area (Å²) in [4.78, 5) is 29.0. The van der Waals surface area contributed by atoms with Gasteiger partial charge in [0.15, 0.2) is 0 Å². The molecule has 2 fully saturated rings. The van der Waals surface area contributed by atoms with E-state index in [1.54, 1.807) is 21.9 Å². The number of rotatable bonds is 4. The normalized spacial score (nSPS) is 17.6. The summed E-state index contributed by atoms with van der Waals surface area (Å²) in [6.07, 6.45) is 1.41. The highest BCUT2D eigenvalue weighted by atomic mass is 19.1. The average molecular weight is 363 g/mol. The maximum absolute atomic E-state index is 13.0. The van der Waals surface area contributed by atoms with Crippen LogP contribution < -0.4 is 5.32 Å². The van der Waals surface area contributed by atoms with Gasteiger partial charge in [-0.3, -0.25) is 9.59 Å². The highest BCUT2D eigenvalue weighted by Gasteiger charge is 2.29. The lowest BCUT2D eigenvalue weighted by atomic mass is 10.2. The quantitative estimate of drug-likeness (QED) is 0.488. The van der Waals surface area contributed by atoms with Crippen molar-refractivity contribution >= 4 is 17.5 Å². The van der Waals surface area contributed by atoms with Gasteiger partial charge in [-0.15, -0.1) is 0 Å². The number of amides is 2. The molecule has 0 radical (unpaired) electrons. The van der Waals surface area contributed by atoms with Gasteiger partial charge in [0.2, 0.25) is 0 Å². The molecular formula is C18H22FN3O4. The van der Waals surface area contributed by atoms with Crippen LogP contribution in [0.15, 0.2) is 36.0 Å². The summed E-state index contributed by atoms with van der Waals surface area (Å²) in [7, 11) is 0. The summed E-state index contributed by atoms with van der Waals surface area (Å²) < 4.78 is 23.6. The number of nitrogens with zero attached hydrogens (tertiary/aromatic N) is 2. The number of morpholine rings is 2. The Kier molecular flexibility index (Phi) is 6.19. The van der Waals surface area contributed by atoms with Crippen molar-refractivity contribution in [2.75, 3.05) is 57.9 Å². The zero-order chi connectivity index (χ0) is 18.4. The molecule has 1 N–H and O–H groups in total. The monoisotopic (exact) mass is 363 g/mol. The Bertz CT molecular complexity index is 634. The lowest BCUT2D eigenvalue weighted by Gasteiger charge is -2.31. The molecule has 0 aliphatic carbocycles. The van der Waals surface area contributed by atoms with Crippen LogP contribution in [0, 0.1) is 5.82 Å². The molecule has 0 spiro atoms. The van der Waals surface area contributed by atoms with E-state index in [1.807, 2.05) is 0 Å². The van der Waals surface area contributed by atoms with Gasteiger partial charge in [-0.25, -0.2) is 4.39 Å². The maximum atomic E-state index is 13.0. The van der Waals surface area contributed by atoms with Crippen LogP contribution in [0.3, 0.4) is 0 Å². The largest absolute Gasteiger partial charge is 0.378 e. The Balaban J connectivity index is 1.79. The Labute approximate surface area is 151 Å². The predicted molar refractivity (Wildman–Crippen MR) is 92.9 cm³/mol. The third kappa shape index (κ3) is 4.59.